The molecule has 0 fully saturated rings. The quantitative estimate of drug-likeness (QED) is 0.938. The van der Waals surface area contributed by atoms with E-state index < -0.39 is 17.8 Å². The molecule has 0 spiro atoms. The normalized spacial score (nSPS) is 13.4. The summed E-state index contributed by atoms with van der Waals surface area (Å²) in [5.74, 6) is 0.683. The maximum absolute atomic E-state index is 12.4. The zero-order valence-electron chi connectivity index (χ0n) is 10.7. The summed E-state index contributed by atoms with van der Waals surface area (Å²) in [5, 5.41) is 12.9. The highest BCUT2D eigenvalue weighted by Crippen LogP contribution is 2.29. The average molecular weight is 286 g/mol. The van der Waals surface area contributed by atoms with Gasteiger partial charge in [0, 0.05) is 6.42 Å². The third kappa shape index (κ3) is 3.80. The Bertz CT molecular complexity index is 562. The number of benzene rings is 1. The molecule has 0 aliphatic carbocycles. The van der Waals surface area contributed by atoms with Crippen molar-refractivity contribution in [3.8, 4) is 0 Å². The number of aliphatic hydroxyl groups is 1. The lowest BCUT2D eigenvalue weighted by Crippen LogP contribution is -2.05. The Morgan fingerprint density at radius 1 is 1.25 bits per heavy atom. The van der Waals surface area contributed by atoms with E-state index in [1.807, 2.05) is 0 Å². The van der Waals surface area contributed by atoms with E-state index in [1.54, 1.807) is 6.92 Å². The number of rotatable bonds is 4. The Hall–Kier alpha value is -1.89. The molecule has 0 aliphatic heterocycles. The van der Waals surface area contributed by atoms with Gasteiger partial charge in [0.15, 0.2) is 5.82 Å². The predicted molar refractivity (Wildman–Crippen MR) is 63.9 cm³/mol. The van der Waals surface area contributed by atoms with Crippen molar-refractivity contribution < 1.29 is 22.8 Å². The van der Waals surface area contributed by atoms with E-state index in [2.05, 4.69) is 10.1 Å². The van der Waals surface area contributed by atoms with Gasteiger partial charge in [0.2, 0.25) is 5.89 Å². The van der Waals surface area contributed by atoms with Crippen LogP contribution in [-0.4, -0.2) is 21.4 Å². The molecule has 1 N–H and O–H groups in total. The zero-order valence-corrected chi connectivity index (χ0v) is 10.7. The van der Waals surface area contributed by atoms with Gasteiger partial charge in [-0.3, -0.25) is 0 Å². The molecule has 2 rings (SSSR count). The van der Waals surface area contributed by atoms with Crippen molar-refractivity contribution in [2.75, 3.05) is 0 Å². The van der Waals surface area contributed by atoms with Gasteiger partial charge in [-0.15, -0.1) is 0 Å². The van der Waals surface area contributed by atoms with E-state index in [-0.39, 0.29) is 12.8 Å². The van der Waals surface area contributed by atoms with Crippen molar-refractivity contribution in [3.05, 3.63) is 47.1 Å². The zero-order chi connectivity index (χ0) is 14.8. The Labute approximate surface area is 113 Å². The van der Waals surface area contributed by atoms with Gasteiger partial charge in [0.1, 0.15) is 0 Å². The summed E-state index contributed by atoms with van der Waals surface area (Å²) in [4.78, 5) is 4.06. The second-order valence-electron chi connectivity index (χ2n) is 4.53. The molecule has 0 saturated heterocycles. The first kappa shape index (κ1) is 14.5. The highest BCUT2D eigenvalue weighted by molar-refractivity contribution is 5.26. The molecule has 0 saturated carbocycles. The molecule has 1 unspecified atom stereocenters. The first-order chi connectivity index (χ1) is 9.34. The van der Waals surface area contributed by atoms with Crippen LogP contribution in [0.3, 0.4) is 0 Å². The monoisotopic (exact) mass is 286 g/mol. The molecule has 2 aromatic rings. The maximum Gasteiger partial charge on any atom is 0.416 e. The van der Waals surface area contributed by atoms with Crippen LogP contribution in [0, 0.1) is 0 Å². The molecule has 0 aliphatic rings. The Morgan fingerprint density at radius 3 is 2.45 bits per heavy atom. The summed E-state index contributed by atoms with van der Waals surface area (Å²) in [7, 11) is 0. The van der Waals surface area contributed by atoms with E-state index in [0.29, 0.717) is 17.3 Å². The standard InChI is InChI=1S/C13H13F3N2O2/c1-8(19)6-11-17-12(20-18-11)7-9-2-4-10(5-3-9)13(14,15)16/h2-5,8,19H,6-7H2,1H3. The molecule has 0 bridgehead atoms. The number of alkyl halides is 3. The van der Waals surface area contributed by atoms with Gasteiger partial charge in [-0.05, 0) is 24.6 Å². The van der Waals surface area contributed by atoms with Crippen LogP contribution in [0.5, 0.6) is 0 Å². The van der Waals surface area contributed by atoms with Crippen molar-refractivity contribution in [3.63, 3.8) is 0 Å². The molecule has 1 atom stereocenters. The third-order valence-electron chi connectivity index (χ3n) is 2.62. The third-order valence-corrected chi connectivity index (χ3v) is 2.62. The SMILES string of the molecule is CC(O)Cc1noc(Cc2ccc(C(F)(F)F)cc2)n1. The van der Waals surface area contributed by atoms with Gasteiger partial charge < -0.3 is 9.63 Å². The number of aliphatic hydroxyl groups excluding tert-OH is 1. The molecule has 20 heavy (non-hydrogen) atoms. The topological polar surface area (TPSA) is 59.2 Å². The predicted octanol–water partition coefficient (Wildman–Crippen LogP) is 2.60. The lowest BCUT2D eigenvalue weighted by molar-refractivity contribution is -0.137. The summed E-state index contributed by atoms with van der Waals surface area (Å²) in [6.07, 6.45) is -4.39. The minimum absolute atomic E-state index is 0.255. The number of hydrogen-bond acceptors (Lipinski definition) is 4. The first-order valence-corrected chi connectivity index (χ1v) is 6.00. The van der Waals surface area contributed by atoms with Crippen LogP contribution in [0.1, 0.15) is 29.8 Å². The second kappa shape index (κ2) is 5.62. The van der Waals surface area contributed by atoms with Gasteiger partial charge in [-0.25, -0.2) is 0 Å². The van der Waals surface area contributed by atoms with Crippen LogP contribution in [0.25, 0.3) is 0 Å². The molecule has 108 valence electrons. The number of halogens is 3. The largest absolute Gasteiger partial charge is 0.416 e. The summed E-state index contributed by atoms with van der Waals surface area (Å²) in [6.45, 7) is 1.60. The first-order valence-electron chi connectivity index (χ1n) is 6.00. The second-order valence-corrected chi connectivity index (χ2v) is 4.53. The molecule has 0 amide bonds. The summed E-state index contributed by atoms with van der Waals surface area (Å²) >= 11 is 0. The van der Waals surface area contributed by atoms with Crippen molar-refractivity contribution in [2.24, 2.45) is 0 Å². The summed E-state index contributed by atoms with van der Waals surface area (Å²) in [6, 6.07) is 4.79. The van der Waals surface area contributed by atoms with Crippen LogP contribution in [0.15, 0.2) is 28.8 Å². The van der Waals surface area contributed by atoms with Gasteiger partial charge >= 0.3 is 6.18 Å². The van der Waals surface area contributed by atoms with Crippen molar-refractivity contribution in [1.82, 2.24) is 10.1 Å². The fourth-order valence-electron chi connectivity index (χ4n) is 1.70. The molecule has 1 aromatic heterocycles. The summed E-state index contributed by atoms with van der Waals surface area (Å²) in [5.41, 5.74) is -0.0492. The fourth-order valence-corrected chi connectivity index (χ4v) is 1.70. The van der Waals surface area contributed by atoms with Gasteiger partial charge in [0.05, 0.1) is 18.1 Å². The van der Waals surface area contributed by atoms with Crippen molar-refractivity contribution >= 4 is 0 Å². The number of hydrogen-bond donors (Lipinski definition) is 1. The maximum atomic E-state index is 12.4. The Balaban J connectivity index is 2.05. The molecule has 1 heterocycles. The van der Waals surface area contributed by atoms with E-state index in [9.17, 15) is 18.3 Å². The number of nitrogens with zero attached hydrogens (tertiary/aromatic N) is 2. The minimum atomic E-state index is -4.34. The fraction of sp³-hybridized carbons (Fsp3) is 0.385. The summed E-state index contributed by atoms with van der Waals surface area (Å²) < 4.78 is 42.2. The average Bonchev–Trinajstić information content (AvgIpc) is 2.75. The Morgan fingerprint density at radius 2 is 1.90 bits per heavy atom. The highest BCUT2D eigenvalue weighted by atomic mass is 19.4. The molecule has 0 radical (unpaired) electrons. The van der Waals surface area contributed by atoms with E-state index in [4.69, 9.17) is 4.52 Å². The molecule has 1 aromatic carbocycles. The molecule has 4 nitrogen and oxygen atoms in total. The van der Waals surface area contributed by atoms with Crippen molar-refractivity contribution in [1.29, 1.82) is 0 Å². The van der Waals surface area contributed by atoms with Crippen LogP contribution >= 0.6 is 0 Å². The van der Waals surface area contributed by atoms with Crippen molar-refractivity contribution in [2.45, 2.75) is 32.0 Å². The van der Waals surface area contributed by atoms with Gasteiger partial charge in [0.25, 0.3) is 0 Å². The van der Waals surface area contributed by atoms with E-state index in [0.717, 1.165) is 12.1 Å². The minimum Gasteiger partial charge on any atom is -0.393 e. The van der Waals surface area contributed by atoms with Crippen LogP contribution in [-0.2, 0) is 19.0 Å². The van der Waals surface area contributed by atoms with Crippen LogP contribution in [0.2, 0.25) is 0 Å². The van der Waals surface area contributed by atoms with E-state index >= 15 is 0 Å². The molecular formula is C13H13F3N2O2. The lowest BCUT2D eigenvalue weighted by atomic mass is 10.1. The van der Waals surface area contributed by atoms with Crippen LogP contribution in [0.4, 0.5) is 13.2 Å². The number of aromatic nitrogens is 2. The smallest absolute Gasteiger partial charge is 0.393 e. The highest BCUT2D eigenvalue weighted by Gasteiger charge is 2.29. The molecule has 7 heteroatoms. The molecular weight excluding hydrogens is 273 g/mol. The van der Waals surface area contributed by atoms with Gasteiger partial charge in [-0.2, -0.15) is 18.2 Å². The van der Waals surface area contributed by atoms with E-state index in [1.165, 1.54) is 12.1 Å². The van der Waals surface area contributed by atoms with Crippen LogP contribution < -0.4 is 0 Å². The lowest BCUT2D eigenvalue weighted by Gasteiger charge is -2.06. The van der Waals surface area contributed by atoms with Gasteiger partial charge in [-0.1, -0.05) is 17.3 Å². The Kier molecular flexibility index (Phi) is 4.08.